The van der Waals surface area contributed by atoms with Crippen molar-refractivity contribution in [3.63, 3.8) is 0 Å². The van der Waals surface area contributed by atoms with E-state index in [0.29, 0.717) is 25.7 Å². The first kappa shape index (κ1) is 55.3. The number of aliphatic hydroxyl groups is 2. The van der Waals surface area contributed by atoms with Crippen molar-refractivity contribution in [1.82, 2.24) is 5.32 Å². The van der Waals surface area contributed by atoms with Gasteiger partial charge in [0.25, 0.3) is 0 Å². The van der Waals surface area contributed by atoms with Gasteiger partial charge in [0, 0.05) is 6.42 Å². The second-order valence-electron chi connectivity index (χ2n) is 16.2. The van der Waals surface area contributed by atoms with Gasteiger partial charge in [0.05, 0.1) is 25.2 Å². The topological polar surface area (TPSA) is 95.9 Å². The maximum atomic E-state index is 13.2. The summed E-state index contributed by atoms with van der Waals surface area (Å²) in [4.78, 5) is 26.0. The monoisotopic (exact) mass is 810 g/mol. The molecule has 0 saturated carbocycles. The van der Waals surface area contributed by atoms with Crippen molar-refractivity contribution in [2.24, 2.45) is 0 Å². The fraction of sp³-hybridized carbons (Fsp3) is 0.731. The average Bonchev–Trinajstić information content (AvgIpc) is 3.22. The molecule has 58 heavy (non-hydrogen) atoms. The van der Waals surface area contributed by atoms with Crippen molar-refractivity contribution in [2.75, 3.05) is 6.61 Å². The highest BCUT2D eigenvalue weighted by Gasteiger charge is 2.24. The van der Waals surface area contributed by atoms with E-state index in [1.165, 1.54) is 109 Å². The SMILES string of the molecule is CC/C=C/C=C/C=C\C=C/C=C/CCCC(=O)OC(CCCCCCC/C=C\CCCCCC)CC(=O)NC(CO)C(O)CCCCCCCCCCCCCCC. The molecule has 3 unspecified atom stereocenters. The van der Waals surface area contributed by atoms with Gasteiger partial charge in [-0.05, 0) is 64.2 Å². The third-order valence-electron chi connectivity index (χ3n) is 10.6. The Morgan fingerprint density at radius 1 is 0.517 bits per heavy atom. The van der Waals surface area contributed by atoms with Crippen molar-refractivity contribution in [3.05, 3.63) is 72.9 Å². The van der Waals surface area contributed by atoms with Crippen LogP contribution in [0.2, 0.25) is 0 Å². The highest BCUT2D eigenvalue weighted by molar-refractivity contribution is 5.77. The van der Waals surface area contributed by atoms with Crippen LogP contribution in [0.25, 0.3) is 0 Å². The zero-order valence-corrected chi connectivity index (χ0v) is 37.9. The first-order valence-corrected chi connectivity index (χ1v) is 24.2. The number of aliphatic hydroxyl groups excluding tert-OH is 2. The predicted octanol–water partition coefficient (Wildman–Crippen LogP) is 14.2. The van der Waals surface area contributed by atoms with E-state index in [4.69, 9.17) is 4.74 Å². The summed E-state index contributed by atoms with van der Waals surface area (Å²) in [6.45, 7) is 6.29. The summed E-state index contributed by atoms with van der Waals surface area (Å²) in [5.74, 6) is -0.573. The van der Waals surface area contributed by atoms with Crippen LogP contribution in [0.3, 0.4) is 0 Å². The number of nitrogens with one attached hydrogen (secondary N) is 1. The van der Waals surface area contributed by atoms with Crippen LogP contribution < -0.4 is 5.32 Å². The number of rotatable bonds is 42. The Hall–Kier alpha value is -2.70. The molecule has 0 aromatic carbocycles. The minimum atomic E-state index is -0.803. The van der Waals surface area contributed by atoms with Crippen LogP contribution >= 0.6 is 0 Å². The smallest absolute Gasteiger partial charge is 0.306 e. The van der Waals surface area contributed by atoms with Crippen molar-refractivity contribution >= 4 is 11.9 Å². The fourth-order valence-corrected chi connectivity index (χ4v) is 6.98. The van der Waals surface area contributed by atoms with E-state index in [1.54, 1.807) is 0 Å². The van der Waals surface area contributed by atoms with Crippen LogP contribution in [0.1, 0.15) is 220 Å². The van der Waals surface area contributed by atoms with Gasteiger partial charge in [-0.15, -0.1) is 0 Å². The quantitative estimate of drug-likeness (QED) is 0.0247. The second kappa shape index (κ2) is 45.4. The third kappa shape index (κ3) is 40.1. The highest BCUT2D eigenvalue weighted by Crippen LogP contribution is 2.17. The first-order valence-electron chi connectivity index (χ1n) is 24.2. The van der Waals surface area contributed by atoms with Crippen LogP contribution in [-0.2, 0) is 14.3 Å². The summed E-state index contributed by atoms with van der Waals surface area (Å²) in [6.07, 6.45) is 56.7. The maximum absolute atomic E-state index is 13.2. The highest BCUT2D eigenvalue weighted by atomic mass is 16.5. The summed E-state index contributed by atoms with van der Waals surface area (Å²) < 4.78 is 5.87. The van der Waals surface area contributed by atoms with Gasteiger partial charge in [0.2, 0.25) is 5.91 Å². The van der Waals surface area contributed by atoms with Crippen LogP contribution in [-0.4, -0.2) is 46.9 Å². The molecule has 0 aliphatic heterocycles. The van der Waals surface area contributed by atoms with E-state index in [9.17, 15) is 19.8 Å². The Labute approximate surface area is 358 Å². The van der Waals surface area contributed by atoms with Gasteiger partial charge in [-0.25, -0.2) is 0 Å². The number of carbonyl (C=O) groups is 2. The Morgan fingerprint density at radius 3 is 1.47 bits per heavy atom. The molecule has 0 fully saturated rings. The van der Waals surface area contributed by atoms with Crippen molar-refractivity contribution in [3.8, 4) is 0 Å². The number of hydrogen-bond donors (Lipinski definition) is 3. The lowest BCUT2D eigenvalue weighted by atomic mass is 10.0. The third-order valence-corrected chi connectivity index (χ3v) is 10.6. The number of ether oxygens (including phenoxy) is 1. The van der Waals surface area contributed by atoms with Crippen molar-refractivity contribution in [1.29, 1.82) is 0 Å². The predicted molar refractivity (Wildman–Crippen MR) is 250 cm³/mol. The molecular weight excluding hydrogens is 719 g/mol. The van der Waals surface area contributed by atoms with Crippen LogP contribution in [0.15, 0.2) is 72.9 Å². The van der Waals surface area contributed by atoms with E-state index >= 15 is 0 Å². The van der Waals surface area contributed by atoms with E-state index in [0.717, 1.165) is 57.8 Å². The average molecular weight is 810 g/mol. The Kier molecular flexibility index (Phi) is 43.3. The molecule has 0 aliphatic carbocycles. The molecule has 0 radical (unpaired) electrons. The summed E-state index contributed by atoms with van der Waals surface area (Å²) >= 11 is 0. The molecular formula is C52H91NO5. The fourth-order valence-electron chi connectivity index (χ4n) is 6.98. The van der Waals surface area contributed by atoms with Gasteiger partial charge < -0.3 is 20.3 Å². The van der Waals surface area contributed by atoms with E-state index < -0.39 is 18.2 Å². The number of carbonyl (C=O) groups excluding carboxylic acids is 2. The number of allylic oxidation sites excluding steroid dienone is 12. The molecule has 0 aromatic rings. The van der Waals surface area contributed by atoms with Crippen LogP contribution in [0.5, 0.6) is 0 Å². The minimum Gasteiger partial charge on any atom is -0.462 e. The van der Waals surface area contributed by atoms with Crippen LogP contribution in [0.4, 0.5) is 0 Å². The molecule has 1 amide bonds. The molecule has 3 atom stereocenters. The summed E-state index contributed by atoms with van der Waals surface area (Å²) in [5.41, 5.74) is 0. The molecule has 0 bridgehead atoms. The number of unbranched alkanes of at least 4 members (excludes halogenated alkanes) is 22. The molecule has 0 aromatic heterocycles. The lowest BCUT2D eigenvalue weighted by Gasteiger charge is -2.24. The lowest BCUT2D eigenvalue weighted by Crippen LogP contribution is -2.46. The van der Waals surface area contributed by atoms with Gasteiger partial charge in [-0.1, -0.05) is 216 Å². The van der Waals surface area contributed by atoms with Gasteiger partial charge >= 0.3 is 5.97 Å². The normalized spacial score (nSPS) is 13.9. The molecule has 334 valence electrons. The Bertz CT molecular complexity index is 1090. The molecule has 6 nitrogen and oxygen atoms in total. The molecule has 0 spiro atoms. The second-order valence-corrected chi connectivity index (χ2v) is 16.2. The molecule has 6 heteroatoms. The number of amides is 1. The zero-order valence-electron chi connectivity index (χ0n) is 37.9. The summed E-state index contributed by atoms with van der Waals surface area (Å²) in [7, 11) is 0. The van der Waals surface area contributed by atoms with Crippen molar-refractivity contribution < 1.29 is 24.5 Å². The first-order chi connectivity index (χ1) is 28.5. The molecule has 0 aliphatic rings. The summed E-state index contributed by atoms with van der Waals surface area (Å²) in [5, 5.41) is 23.7. The molecule has 0 heterocycles. The standard InChI is InChI=1S/C52H91NO5/c1-4-7-10-13-16-19-22-25-28-31-34-37-40-43-48(58-52(57)45-42-39-36-33-30-27-24-21-18-15-12-9-6-3)46-51(56)53-49(47-54)50(55)44-41-38-35-32-29-26-23-20-17-14-11-8-5-2/h9,12,15,18-19,21-22,24,27,30,33,36,48-50,54-55H,4-8,10-11,13-14,16-17,20,23,25-26,28-29,31-32,34-35,37-47H2,1-3H3,(H,53,56)/b12-9+,18-15+,22-19-,24-21-,30-27-,36-33+. The molecule has 0 saturated heterocycles. The summed E-state index contributed by atoms with van der Waals surface area (Å²) in [6, 6.07) is -0.720. The van der Waals surface area contributed by atoms with Gasteiger partial charge in [0.1, 0.15) is 6.10 Å². The molecule has 0 rings (SSSR count). The number of hydrogen-bond acceptors (Lipinski definition) is 5. The maximum Gasteiger partial charge on any atom is 0.306 e. The van der Waals surface area contributed by atoms with Crippen LogP contribution in [0, 0.1) is 0 Å². The van der Waals surface area contributed by atoms with E-state index in [-0.39, 0.29) is 24.9 Å². The van der Waals surface area contributed by atoms with Gasteiger partial charge in [-0.2, -0.15) is 0 Å². The van der Waals surface area contributed by atoms with E-state index in [2.05, 4.69) is 44.3 Å². The largest absolute Gasteiger partial charge is 0.462 e. The lowest BCUT2D eigenvalue weighted by molar-refractivity contribution is -0.151. The molecule has 3 N–H and O–H groups in total. The van der Waals surface area contributed by atoms with Gasteiger partial charge in [-0.3, -0.25) is 9.59 Å². The van der Waals surface area contributed by atoms with Gasteiger partial charge in [0.15, 0.2) is 0 Å². The Balaban J connectivity index is 4.71. The van der Waals surface area contributed by atoms with Crippen molar-refractivity contribution in [2.45, 2.75) is 238 Å². The van der Waals surface area contributed by atoms with E-state index in [1.807, 2.05) is 54.7 Å². The number of esters is 1. The Morgan fingerprint density at radius 2 is 0.948 bits per heavy atom. The minimum absolute atomic E-state index is 0.0407. The zero-order chi connectivity index (χ0) is 42.4.